The first kappa shape index (κ1) is 15.5. The fourth-order valence-electron chi connectivity index (χ4n) is 2.51. The van der Waals surface area contributed by atoms with E-state index in [1.807, 2.05) is 0 Å². The molecule has 9 heteroatoms. The Hall–Kier alpha value is -2.45. The van der Waals surface area contributed by atoms with E-state index in [4.69, 9.17) is 4.74 Å². The number of ether oxygens (including phenoxy) is 1. The van der Waals surface area contributed by atoms with Gasteiger partial charge in [-0.2, -0.15) is 0 Å². The van der Waals surface area contributed by atoms with Crippen LogP contribution in [0.15, 0.2) is 23.1 Å². The molecule has 0 spiro atoms. The van der Waals surface area contributed by atoms with Crippen molar-refractivity contribution in [1.29, 1.82) is 0 Å². The Labute approximate surface area is 128 Å². The van der Waals surface area contributed by atoms with Gasteiger partial charge in [0.05, 0.1) is 18.0 Å². The number of pyridine rings is 1. The molecular weight excluding hydrogens is 314 g/mol. The van der Waals surface area contributed by atoms with Crippen LogP contribution in [0.25, 0.3) is 10.9 Å². The third-order valence-electron chi connectivity index (χ3n) is 3.63. The number of nitrogens with zero attached hydrogens (tertiary/aromatic N) is 1. The number of aromatic nitrogens is 1. The monoisotopic (exact) mass is 325 g/mol. The molecule has 0 saturated heterocycles. The molecule has 0 radical (unpaired) electrons. The summed E-state index contributed by atoms with van der Waals surface area (Å²) in [6.45, 7) is 0. The molecule has 1 heterocycles. The average Bonchev–Trinajstić information content (AvgIpc) is 3.31. The molecule has 0 N–H and O–H groups in total. The van der Waals surface area contributed by atoms with E-state index in [2.05, 4.69) is 4.65 Å². The van der Waals surface area contributed by atoms with Crippen LogP contribution in [0.3, 0.4) is 0 Å². The second-order valence-electron chi connectivity index (χ2n) is 5.18. The number of methoxy groups -OCH3 is 1. The molecule has 1 aromatic carbocycles. The second kappa shape index (κ2) is 5.64. The summed E-state index contributed by atoms with van der Waals surface area (Å²) in [7, 11) is -2.01. The van der Waals surface area contributed by atoms with E-state index in [1.165, 1.54) is 13.3 Å². The molecular formula is C14H11BF3NO4. The van der Waals surface area contributed by atoms with Gasteiger partial charge in [0.1, 0.15) is 17.1 Å². The Kier molecular flexibility index (Phi) is 3.79. The van der Waals surface area contributed by atoms with Crippen molar-refractivity contribution < 1.29 is 27.2 Å². The SMILES string of the molecule is COc1cc(F)cc2c(=O)c(C(=O)OB(F)F)cn(C3CC3)c12. The van der Waals surface area contributed by atoms with Gasteiger partial charge in [-0.25, -0.2) is 17.8 Å². The highest BCUT2D eigenvalue weighted by Gasteiger charge is 2.30. The predicted octanol–water partition coefficient (Wildman–Crippen LogP) is 2.56. The van der Waals surface area contributed by atoms with Crippen LogP contribution in [0.1, 0.15) is 29.2 Å². The minimum Gasteiger partial charge on any atom is -0.494 e. The Balaban J connectivity index is 2.30. The highest BCUT2D eigenvalue weighted by Crippen LogP contribution is 2.39. The lowest BCUT2D eigenvalue weighted by Crippen LogP contribution is -2.23. The summed E-state index contributed by atoms with van der Waals surface area (Å²) >= 11 is 0. The lowest BCUT2D eigenvalue weighted by atomic mass is 10.1. The minimum absolute atomic E-state index is 0.00411. The standard InChI is InChI=1S/C14H11BF3NO4/c1-22-11-5-7(16)4-9-12(11)19(8-2-3-8)6-10(13(9)20)14(21)23-15(17)18/h4-6,8H,2-3H2,1H3. The van der Waals surface area contributed by atoms with E-state index in [9.17, 15) is 22.6 Å². The summed E-state index contributed by atoms with van der Waals surface area (Å²) in [5.74, 6) is -2.03. The predicted molar refractivity (Wildman–Crippen MR) is 76.4 cm³/mol. The zero-order valence-corrected chi connectivity index (χ0v) is 12.0. The van der Waals surface area contributed by atoms with Gasteiger partial charge in [-0.15, -0.1) is 0 Å². The van der Waals surface area contributed by atoms with Gasteiger partial charge in [-0.3, -0.25) is 4.79 Å². The molecule has 0 unspecified atom stereocenters. The summed E-state index contributed by atoms with van der Waals surface area (Å²) in [6.07, 6.45) is 2.76. The van der Waals surface area contributed by atoms with Crippen molar-refractivity contribution in [2.75, 3.05) is 7.11 Å². The fourth-order valence-corrected chi connectivity index (χ4v) is 2.51. The van der Waals surface area contributed by atoms with Crippen LogP contribution in [0.5, 0.6) is 5.75 Å². The molecule has 23 heavy (non-hydrogen) atoms. The molecule has 1 aromatic heterocycles. The summed E-state index contributed by atoms with van der Waals surface area (Å²) in [4.78, 5) is 24.1. The van der Waals surface area contributed by atoms with E-state index in [1.54, 1.807) is 4.57 Å². The third-order valence-corrected chi connectivity index (χ3v) is 3.63. The summed E-state index contributed by atoms with van der Waals surface area (Å²) in [5.41, 5.74) is -1.10. The van der Waals surface area contributed by atoms with E-state index < -0.39 is 30.2 Å². The molecule has 0 aliphatic heterocycles. The van der Waals surface area contributed by atoms with E-state index in [0.29, 0.717) is 5.52 Å². The molecule has 5 nitrogen and oxygen atoms in total. The van der Waals surface area contributed by atoms with Crippen molar-refractivity contribution in [3.05, 3.63) is 39.9 Å². The number of hydrogen-bond donors (Lipinski definition) is 0. The van der Waals surface area contributed by atoms with Crippen molar-refractivity contribution in [2.24, 2.45) is 0 Å². The zero-order valence-electron chi connectivity index (χ0n) is 12.0. The smallest absolute Gasteiger partial charge is 0.494 e. The first-order chi connectivity index (χ1) is 10.9. The van der Waals surface area contributed by atoms with Crippen molar-refractivity contribution in [2.45, 2.75) is 18.9 Å². The first-order valence-corrected chi connectivity index (χ1v) is 6.84. The summed E-state index contributed by atoms with van der Waals surface area (Å²) in [6, 6.07) is 2.08. The van der Waals surface area contributed by atoms with Crippen molar-refractivity contribution >= 4 is 24.3 Å². The number of rotatable bonds is 4. The molecule has 120 valence electrons. The maximum atomic E-state index is 13.7. The number of fused-ring (bicyclic) bond motifs is 1. The van der Waals surface area contributed by atoms with Crippen LogP contribution in [-0.2, 0) is 4.65 Å². The van der Waals surface area contributed by atoms with Crippen molar-refractivity contribution in [1.82, 2.24) is 4.57 Å². The fraction of sp³-hybridized carbons (Fsp3) is 0.286. The number of benzene rings is 1. The van der Waals surface area contributed by atoms with Gasteiger partial charge in [0.2, 0.25) is 5.43 Å². The van der Waals surface area contributed by atoms with Crippen LogP contribution in [-0.4, -0.2) is 25.1 Å². The molecule has 2 aromatic rings. The maximum absolute atomic E-state index is 13.7. The Morgan fingerprint density at radius 2 is 2.04 bits per heavy atom. The van der Waals surface area contributed by atoms with Crippen LogP contribution in [0.4, 0.5) is 13.0 Å². The van der Waals surface area contributed by atoms with E-state index in [-0.39, 0.29) is 17.2 Å². The highest BCUT2D eigenvalue weighted by molar-refractivity contribution is 6.38. The molecule has 0 bridgehead atoms. The van der Waals surface area contributed by atoms with Gasteiger partial charge in [0.15, 0.2) is 0 Å². The van der Waals surface area contributed by atoms with E-state index >= 15 is 0 Å². The van der Waals surface area contributed by atoms with Gasteiger partial charge in [0, 0.05) is 18.3 Å². The van der Waals surface area contributed by atoms with Gasteiger partial charge in [-0.05, 0) is 18.9 Å². The van der Waals surface area contributed by atoms with Crippen molar-refractivity contribution in [3.63, 3.8) is 0 Å². The normalized spacial score (nSPS) is 13.9. The molecule has 1 aliphatic rings. The minimum atomic E-state index is -3.34. The van der Waals surface area contributed by atoms with Crippen LogP contribution in [0, 0.1) is 5.82 Å². The van der Waals surface area contributed by atoms with Gasteiger partial charge >= 0.3 is 13.4 Å². The quantitative estimate of drug-likeness (QED) is 0.811. The molecule has 1 saturated carbocycles. The number of carbonyl (C=O) groups excluding carboxylic acids is 1. The maximum Gasteiger partial charge on any atom is 0.798 e. The molecule has 1 fully saturated rings. The van der Waals surface area contributed by atoms with Crippen molar-refractivity contribution in [3.8, 4) is 5.75 Å². The van der Waals surface area contributed by atoms with Gasteiger partial charge < -0.3 is 14.0 Å². The van der Waals surface area contributed by atoms with Gasteiger partial charge in [-0.1, -0.05) is 0 Å². The Morgan fingerprint density at radius 3 is 2.61 bits per heavy atom. The van der Waals surface area contributed by atoms with Crippen LogP contribution in [0.2, 0.25) is 0 Å². The second-order valence-corrected chi connectivity index (χ2v) is 5.18. The molecule has 0 amide bonds. The van der Waals surface area contributed by atoms with Gasteiger partial charge in [0.25, 0.3) is 0 Å². The summed E-state index contributed by atoms with van der Waals surface area (Å²) < 4.78 is 48.7. The molecule has 0 atom stereocenters. The first-order valence-electron chi connectivity index (χ1n) is 6.84. The lowest BCUT2D eigenvalue weighted by Gasteiger charge is -2.15. The number of halogens is 3. The number of carbonyl (C=O) groups is 1. The zero-order chi connectivity index (χ0) is 16.7. The number of hydrogen-bond acceptors (Lipinski definition) is 4. The molecule has 1 aliphatic carbocycles. The summed E-state index contributed by atoms with van der Waals surface area (Å²) in [5, 5.41) is -0.113. The van der Waals surface area contributed by atoms with Crippen LogP contribution >= 0.6 is 0 Å². The van der Waals surface area contributed by atoms with E-state index in [0.717, 1.165) is 25.0 Å². The van der Waals surface area contributed by atoms with Crippen LogP contribution < -0.4 is 10.2 Å². The lowest BCUT2D eigenvalue weighted by molar-refractivity contribution is 0.0693. The largest absolute Gasteiger partial charge is 0.798 e. The highest BCUT2D eigenvalue weighted by atomic mass is 19.2. The Morgan fingerprint density at radius 1 is 1.35 bits per heavy atom. The third kappa shape index (κ3) is 2.78. The topological polar surface area (TPSA) is 57.5 Å². The Bertz CT molecular complexity index is 848. The average molecular weight is 325 g/mol. The molecule has 3 rings (SSSR count).